The first-order valence-electron chi connectivity index (χ1n) is 9.16. The summed E-state index contributed by atoms with van der Waals surface area (Å²) in [6.07, 6.45) is 9.71. The van der Waals surface area contributed by atoms with Crippen LogP contribution in [0.15, 0.2) is 18.3 Å². The summed E-state index contributed by atoms with van der Waals surface area (Å²) in [5, 5.41) is 3.62. The van der Waals surface area contributed by atoms with Crippen molar-refractivity contribution in [3.63, 3.8) is 0 Å². The molecule has 2 fully saturated rings. The highest BCUT2D eigenvalue weighted by Crippen LogP contribution is 2.30. The molecular formula is C18H27N5. The average molecular weight is 313 g/mol. The molecule has 1 N–H and O–H groups in total. The van der Waals surface area contributed by atoms with Gasteiger partial charge in [-0.05, 0) is 57.3 Å². The number of nitrogens with one attached hydrogen (secondary N) is 1. The van der Waals surface area contributed by atoms with E-state index in [0.29, 0.717) is 12.2 Å². The summed E-state index contributed by atoms with van der Waals surface area (Å²) in [5.74, 6) is 1.21. The second kappa shape index (κ2) is 6.57. The molecule has 2 aliphatic rings. The van der Waals surface area contributed by atoms with Crippen LogP contribution in [0.5, 0.6) is 0 Å². The molecule has 4 rings (SSSR count). The Hall–Kier alpha value is -1.46. The van der Waals surface area contributed by atoms with Gasteiger partial charge in [-0.2, -0.15) is 0 Å². The van der Waals surface area contributed by atoms with Crippen molar-refractivity contribution in [3.8, 4) is 0 Å². The van der Waals surface area contributed by atoms with Gasteiger partial charge in [-0.15, -0.1) is 0 Å². The summed E-state index contributed by atoms with van der Waals surface area (Å²) in [6, 6.07) is 4.67. The molecule has 2 aliphatic heterocycles. The van der Waals surface area contributed by atoms with Crippen molar-refractivity contribution >= 4 is 11.2 Å². The highest BCUT2D eigenvalue weighted by Gasteiger charge is 2.28. The quantitative estimate of drug-likeness (QED) is 0.943. The van der Waals surface area contributed by atoms with Gasteiger partial charge in [0, 0.05) is 25.2 Å². The molecule has 0 radical (unpaired) electrons. The number of piperidine rings is 1. The van der Waals surface area contributed by atoms with Crippen molar-refractivity contribution in [3.05, 3.63) is 24.2 Å². The van der Waals surface area contributed by atoms with Gasteiger partial charge in [-0.25, -0.2) is 9.97 Å². The van der Waals surface area contributed by atoms with Crippen molar-refractivity contribution in [1.29, 1.82) is 0 Å². The molecule has 0 spiro atoms. The number of aromatic nitrogens is 3. The summed E-state index contributed by atoms with van der Waals surface area (Å²) in [7, 11) is 0. The zero-order valence-corrected chi connectivity index (χ0v) is 14.0. The zero-order valence-electron chi connectivity index (χ0n) is 14.0. The van der Waals surface area contributed by atoms with Gasteiger partial charge in [0.2, 0.25) is 0 Å². The largest absolute Gasteiger partial charge is 0.314 e. The van der Waals surface area contributed by atoms with E-state index in [2.05, 4.69) is 32.8 Å². The van der Waals surface area contributed by atoms with Crippen LogP contribution in [-0.4, -0.2) is 45.1 Å². The van der Waals surface area contributed by atoms with Gasteiger partial charge in [0.15, 0.2) is 5.65 Å². The van der Waals surface area contributed by atoms with Crippen LogP contribution in [0.1, 0.15) is 51.0 Å². The fourth-order valence-electron chi connectivity index (χ4n) is 4.22. The van der Waals surface area contributed by atoms with Gasteiger partial charge in [-0.1, -0.05) is 6.92 Å². The van der Waals surface area contributed by atoms with E-state index in [-0.39, 0.29) is 0 Å². The normalized spacial score (nSPS) is 26.1. The fraction of sp³-hybridized carbons (Fsp3) is 0.667. The summed E-state index contributed by atoms with van der Waals surface area (Å²) < 4.78 is 2.44. The molecule has 0 bridgehead atoms. The number of pyridine rings is 1. The van der Waals surface area contributed by atoms with Gasteiger partial charge < -0.3 is 5.32 Å². The third-order valence-electron chi connectivity index (χ3n) is 5.40. The first-order chi connectivity index (χ1) is 11.4. The molecule has 2 aromatic rings. The Balaban J connectivity index is 1.75. The average Bonchev–Trinajstić information content (AvgIpc) is 3.22. The Labute approximate surface area is 138 Å². The van der Waals surface area contributed by atoms with E-state index in [1.807, 2.05) is 12.3 Å². The number of hydrogen-bond acceptors (Lipinski definition) is 4. The highest BCUT2D eigenvalue weighted by molar-refractivity contribution is 5.71. The molecule has 0 amide bonds. The maximum atomic E-state index is 4.95. The van der Waals surface area contributed by atoms with Crippen LogP contribution in [0.2, 0.25) is 0 Å². The number of likely N-dealkylation sites (tertiary alicyclic amines) is 1. The van der Waals surface area contributed by atoms with Gasteiger partial charge in [0.25, 0.3) is 0 Å². The highest BCUT2D eigenvalue weighted by atomic mass is 15.3. The van der Waals surface area contributed by atoms with Crippen LogP contribution < -0.4 is 5.32 Å². The molecular weight excluding hydrogens is 286 g/mol. The second-order valence-electron chi connectivity index (χ2n) is 6.85. The lowest BCUT2D eigenvalue weighted by Crippen LogP contribution is -2.38. The number of fused-ring (bicyclic) bond motifs is 1. The fourth-order valence-corrected chi connectivity index (χ4v) is 4.22. The van der Waals surface area contributed by atoms with Crippen LogP contribution in [-0.2, 0) is 6.42 Å². The Morgan fingerprint density at radius 2 is 2.22 bits per heavy atom. The Morgan fingerprint density at radius 3 is 3.04 bits per heavy atom. The lowest BCUT2D eigenvalue weighted by atomic mass is 10.1. The van der Waals surface area contributed by atoms with E-state index >= 15 is 0 Å². The molecule has 2 atom stereocenters. The van der Waals surface area contributed by atoms with Crippen LogP contribution in [0.4, 0.5) is 0 Å². The lowest BCUT2D eigenvalue weighted by Gasteiger charge is -2.36. The third kappa shape index (κ3) is 2.88. The molecule has 23 heavy (non-hydrogen) atoms. The van der Waals surface area contributed by atoms with E-state index in [4.69, 9.17) is 4.98 Å². The minimum atomic E-state index is 0.421. The standard InChI is InChI=1S/C18H27N5/c1-2-22-12-4-3-9-17(22)23-16(13-14-7-5-10-19-14)21-15-8-6-11-20-18(15)23/h6,8,11,14,17,19H,2-5,7,9-10,12-13H2,1H3. The Kier molecular flexibility index (Phi) is 4.31. The number of nitrogens with zero attached hydrogens (tertiary/aromatic N) is 4. The van der Waals surface area contributed by atoms with E-state index in [1.165, 1.54) is 44.5 Å². The molecule has 0 saturated carbocycles. The predicted octanol–water partition coefficient (Wildman–Crippen LogP) is 2.73. The molecule has 2 unspecified atom stereocenters. The third-order valence-corrected chi connectivity index (χ3v) is 5.40. The molecule has 4 heterocycles. The summed E-state index contributed by atoms with van der Waals surface area (Å²) in [4.78, 5) is 12.2. The maximum Gasteiger partial charge on any atom is 0.161 e. The SMILES string of the molecule is CCN1CCCCC1n1c(CC2CCCN2)nc2cccnc21. The number of imidazole rings is 1. The van der Waals surface area contributed by atoms with Crippen LogP contribution in [0.25, 0.3) is 11.2 Å². The van der Waals surface area contributed by atoms with E-state index in [1.54, 1.807) is 0 Å². The molecule has 124 valence electrons. The number of hydrogen-bond donors (Lipinski definition) is 1. The molecule has 5 heteroatoms. The molecule has 2 aromatic heterocycles. The van der Waals surface area contributed by atoms with Crippen LogP contribution in [0, 0.1) is 0 Å². The smallest absolute Gasteiger partial charge is 0.161 e. The summed E-state index contributed by atoms with van der Waals surface area (Å²) in [6.45, 7) is 5.70. The van der Waals surface area contributed by atoms with E-state index < -0.39 is 0 Å². The van der Waals surface area contributed by atoms with Crippen molar-refractivity contribution < 1.29 is 0 Å². The van der Waals surface area contributed by atoms with Gasteiger partial charge >= 0.3 is 0 Å². The zero-order chi connectivity index (χ0) is 15.6. The van der Waals surface area contributed by atoms with Gasteiger partial charge in [0.05, 0.1) is 6.17 Å². The molecule has 2 saturated heterocycles. The lowest BCUT2D eigenvalue weighted by molar-refractivity contribution is 0.102. The second-order valence-corrected chi connectivity index (χ2v) is 6.85. The molecule has 5 nitrogen and oxygen atoms in total. The van der Waals surface area contributed by atoms with Crippen LogP contribution in [0.3, 0.4) is 0 Å². The molecule has 0 aliphatic carbocycles. The summed E-state index contributed by atoms with van der Waals surface area (Å²) in [5.41, 5.74) is 2.10. The van der Waals surface area contributed by atoms with Crippen LogP contribution >= 0.6 is 0 Å². The maximum absolute atomic E-state index is 4.95. The predicted molar refractivity (Wildman–Crippen MR) is 92.4 cm³/mol. The minimum absolute atomic E-state index is 0.421. The van der Waals surface area contributed by atoms with Crippen molar-refractivity contribution in [1.82, 2.24) is 24.8 Å². The first kappa shape index (κ1) is 15.1. The monoisotopic (exact) mass is 313 g/mol. The first-order valence-corrected chi connectivity index (χ1v) is 9.16. The summed E-state index contributed by atoms with van der Waals surface area (Å²) >= 11 is 0. The van der Waals surface area contributed by atoms with Gasteiger partial charge in [-0.3, -0.25) is 9.47 Å². The van der Waals surface area contributed by atoms with E-state index in [9.17, 15) is 0 Å². The van der Waals surface area contributed by atoms with E-state index in [0.717, 1.165) is 30.7 Å². The van der Waals surface area contributed by atoms with Crippen molar-refractivity contribution in [2.45, 2.75) is 57.7 Å². The van der Waals surface area contributed by atoms with Crippen molar-refractivity contribution in [2.24, 2.45) is 0 Å². The topological polar surface area (TPSA) is 46.0 Å². The number of rotatable bonds is 4. The van der Waals surface area contributed by atoms with Gasteiger partial charge in [0.1, 0.15) is 11.3 Å². The molecule has 0 aromatic carbocycles. The van der Waals surface area contributed by atoms with Crippen molar-refractivity contribution in [2.75, 3.05) is 19.6 Å². The minimum Gasteiger partial charge on any atom is -0.314 e. The Morgan fingerprint density at radius 1 is 1.26 bits per heavy atom. The Bertz CT molecular complexity index is 658.